The molecule has 4 rings (SSSR count). The number of fused-ring (bicyclic) bond motifs is 2. The number of carbonyl (C=O) groups is 1. The standard InChI is InChI=1S/C17H18N4O3S/c1-9-18-15-11(4-3-5-14(15)25-9)20-16(22)19-10-6-7-12-13(8-10)24-17(23)21(12)2/h6-8,11H,3-5H2,1-2H3,(H2,19,20,22)/t11-/m0/s1. The number of benzene rings is 1. The second-order valence-corrected chi connectivity index (χ2v) is 7.48. The van der Waals surface area contributed by atoms with Crippen molar-refractivity contribution < 1.29 is 9.21 Å². The Balaban J connectivity index is 1.50. The minimum atomic E-state index is -0.426. The minimum absolute atomic E-state index is 0.0629. The molecule has 0 bridgehead atoms. The SMILES string of the molecule is Cc1nc2c(s1)CCC[C@@H]2NC(=O)Nc1ccc2c(c1)oc(=O)n2C. The van der Waals surface area contributed by atoms with Crippen LogP contribution in [0.5, 0.6) is 0 Å². The highest BCUT2D eigenvalue weighted by atomic mass is 32.1. The Morgan fingerprint density at radius 3 is 3.12 bits per heavy atom. The molecule has 0 saturated carbocycles. The number of nitrogens with one attached hydrogen (secondary N) is 2. The van der Waals surface area contributed by atoms with E-state index in [1.54, 1.807) is 36.6 Å². The number of aromatic nitrogens is 2. The predicted molar refractivity (Wildman–Crippen MR) is 96.1 cm³/mol. The number of hydrogen-bond donors (Lipinski definition) is 2. The predicted octanol–water partition coefficient (Wildman–Crippen LogP) is 3.10. The van der Waals surface area contributed by atoms with E-state index in [2.05, 4.69) is 15.6 Å². The van der Waals surface area contributed by atoms with Crippen molar-refractivity contribution in [3.8, 4) is 0 Å². The van der Waals surface area contributed by atoms with Crippen molar-refractivity contribution in [3.05, 3.63) is 44.3 Å². The topological polar surface area (TPSA) is 89.2 Å². The van der Waals surface area contributed by atoms with E-state index in [0.717, 1.165) is 30.0 Å². The molecule has 1 aromatic carbocycles. The van der Waals surface area contributed by atoms with Gasteiger partial charge in [-0.05, 0) is 38.3 Å². The Morgan fingerprint density at radius 1 is 1.44 bits per heavy atom. The highest BCUT2D eigenvalue weighted by Gasteiger charge is 2.25. The van der Waals surface area contributed by atoms with Crippen LogP contribution >= 0.6 is 11.3 Å². The zero-order chi connectivity index (χ0) is 17.6. The molecule has 25 heavy (non-hydrogen) atoms. The van der Waals surface area contributed by atoms with Crippen LogP contribution in [0.2, 0.25) is 0 Å². The number of urea groups is 1. The van der Waals surface area contributed by atoms with Crippen LogP contribution in [0.1, 0.15) is 34.5 Å². The lowest BCUT2D eigenvalue weighted by Gasteiger charge is -2.22. The molecular formula is C17H18N4O3S. The summed E-state index contributed by atoms with van der Waals surface area (Å²) in [7, 11) is 1.64. The minimum Gasteiger partial charge on any atom is -0.408 e. The van der Waals surface area contributed by atoms with E-state index in [1.807, 2.05) is 6.92 Å². The van der Waals surface area contributed by atoms with Crippen molar-refractivity contribution in [2.75, 3.05) is 5.32 Å². The van der Waals surface area contributed by atoms with Crippen LogP contribution in [0, 0.1) is 6.92 Å². The number of hydrogen-bond acceptors (Lipinski definition) is 5. The molecule has 2 N–H and O–H groups in total. The summed E-state index contributed by atoms with van der Waals surface area (Å²) in [6.45, 7) is 1.99. The Morgan fingerprint density at radius 2 is 2.28 bits per heavy atom. The molecule has 8 heteroatoms. The van der Waals surface area contributed by atoms with Crippen LogP contribution in [0.25, 0.3) is 11.1 Å². The first-order valence-electron chi connectivity index (χ1n) is 8.14. The van der Waals surface area contributed by atoms with Gasteiger partial charge in [0.2, 0.25) is 0 Å². The molecular weight excluding hydrogens is 340 g/mol. The lowest BCUT2D eigenvalue weighted by molar-refractivity contribution is 0.247. The van der Waals surface area contributed by atoms with Gasteiger partial charge in [-0.25, -0.2) is 14.6 Å². The molecule has 0 aliphatic heterocycles. The summed E-state index contributed by atoms with van der Waals surface area (Å²) in [5, 5.41) is 6.83. The van der Waals surface area contributed by atoms with Crippen molar-refractivity contribution in [3.63, 3.8) is 0 Å². The molecule has 2 heterocycles. The number of thiazole rings is 1. The molecule has 130 valence electrons. The van der Waals surface area contributed by atoms with Gasteiger partial charge in [0, 0.05) is 23.7 Å². The van der Waals surface area contributed by atoms with E-state index >= 15 is 0 Å². The summed E-state index contributed by atoms with van der Waals surface area (Å²) < 4.78 is 6.57. The average Bonchev–Trinajstić information content (AvgIpc) is 3.07. The number of anilines is 1. The van der Waals surface area contributed by atoms with Crippen LogP contribution in [0.4, 0.5) is 10.5 Å². The lowest BCUT2D eigenvalue weighted by Crippen LogP contribution is -2.34. The average molecular weight is 358 g/mol. The van der Waals surface area contributed by atoms with Gasteiger partial charge in [-0.15, -0.1) is 11.3 Å². The molecule has 2 amide bonds. The van der Waals surface area contributed by atoms with Gasteiger partial charge in [0.25, 0.3) is 0 Å². The molecule has 0 radical (unpaired) electrons. The lowest BCUT2D eigenvalue weighted by atomic mass is 9.98. The van der Waals surface area contributed by atoms with Crippen molar-refractivity contribution in [1.29, 1.82) is 0 Å². The van der Waals surface area contributed by atoms with Gasteiger partial charge in [-0.1, -0.05) is 0 Å². The fraction of sp³-hybridized carbons (Fsp3) is 0.353. The van der Waals surface area contributed by atoms with Crippen molar-refractivity contribution >= 4 is 34.2 Å². The van der Waals surface area contributed by atoms with E-state index in [0.29, 0.717) is 16.8 Å². The highest BCUT2D eigenvalue weighted by molar-refractivity contribution is 7.11. The van der Waals surface area contributed by atoms with E-state index in [-0.39, 0.29) is 12.1 Å². The zero-order valence-electron chi connectivity index (χ0n) is 14.0. The molecule has 1 aliphatic carbocycles. The van der Waals surface area contributed by atoms with Gasteiger partial charge in [0.05, 0.1) is 22.3 Å². The summed E-state index contributed by atoms with van der Waals surface area (Å²) in [4.78, 5) is 29.7. The van der Waals surface area contributed by atoms with Crippen molar-refractivity contribution in [2.24, 2.45) is 7.05 Å². The number of nitrogens with zero attached hydrogens (tertiary/aromatic N) is 2. The summed E-state index contributed by atoms with van der Waals surface area (Å²) in [5.74, 6) is -0.426. The summed E-state index contributed by atoms with van der Waals surface area (Å²) in [6.07, 6.45) is 2.96. The van der Waals surface area contributed by atoms with Gasteiger partial charge >= 0.3 is 11.8 Å². The fourth-order valence-electron chi connectivity index (χ4n) is 3.22. The second kappa shape index (κ2) is 6.03. The first kappa shape index (κ1) is 15.9. The number of oxazole rings is 1. The number of carbonyl (C=O) groups excluding carboxylic acids is 1. The summed E-state index contributed by atoms with van der Waals surface area (Å²) >= 11 is 1.70. The van der Waals surface area contributed by atoms with Crippen LogP contribution in [-0.2, 0) is 13.5 Å². The van der Waals surface area contributed by atoms with Gasteiger partial charge in [0.15, 0.2) is 5.58 Å². The highest BCUT2D eigenvalue weighted by Crippen LogP contribution is 2.33. The summed E-state index contributed by atoms with van der Waals surface area (Å²) in [5.41, 5.74) is 2.70. The Bertz CT molecular complexity index is 1020. The molecule has 0 unspecified atom stereocenters. The molecule has 7 nitrogen and oxygen atoms in total. The maximum absolute atomic E-state index is 12.4. The zero-order valence-corrected chi connectivity index (χ0v) is 14.8. The smallest absolute Gasteiger partial charge is 0.408 e. The third-order valence-corrected chi connectivity index (χ3v) is 5.46. The van der Waals surface area contributed by atoms with Crippen molar-refractivity contribution in [2.45, 2.75) is 32.2 Å². The van der Waals surface area contributed by atoms with Crippen LogP contribution in [0.15, 0.2) is 27.4 Å². The normalized spacial score (nSPS) is 16.6. The van der Waals surface area contributed by atoms with Gasteiger partial charge < -0.3 is 15.1 Å². The first-order chi connectivity index (χ1) is 12.0. The third-order valence-electron chi connectivity index (χ3n) is 4.42. The third kappa shape index (κ3) is 2.93. The first-order valence-corrected chi connectivity index (χ1v) is 8.96. The van der Waals surface area contributed by atoms with Crippen molar-refractivity contribution in [1.82, 2.24) is 14.9 Å². The van der Waals surface area contributed by atoms with E-state index in [9.17, 15) is 9.59 Å². The Kier molecular flexibility index (Phi) is 3.84. The van der Waals surface area contributed by atoms with Crippen LogP contribution < -0.4 is 16.4 Å². The van der Waals surface area contributed by atoms with Gasteiger partial charge in [-0.2, -0.15) is 0 Å². The molecule has 0 fully saturated rings. The number of amides is 2. The molecule has 3 aromatic rings. The largest absolute Gasteiger partial charge is 0.419 e. The van der Waals surface area contributed by atoms with Crippen LogP contribution in [-0.4, -0.2) is 15.6 Å². The Labute approximate surface area is 147 Å². The van der Waals surface area contributed by atoms with E-state index in [1.165, 1.54) is 9.44 Å². The molecule has 1 aliphatic rings. The van der Waals surface area contributed by atoms with E-state index in [4.69, 9.17) is 4.42 Å². The monoisotopic (exact) mass is 358 g/mol. The second-order valence-electron chi connectivity index (χ2n) is 6.19. The quantitative estimate of drug-likeness (QED) is 0.737. The summed E-state index contributed by atoms with van der Waals surface area (Å²) in [6, 6.07) is 4.79. The Hall–Kier alpha value is -2.61. The molecule has 2 aromatic heterocycles. The molecule has 0 saturated heterocycles. The maximum atomic E-state index is 12.4. The molecule has 0 spiro atoms. The van der Waals surface area contributed by atoms with Gasteiger partial charge in [-0.3, -0.25) is 4.57 Å². The van der Waals surface area contributed by atoms with Gasteiger partial charge in [0.1, 0.15) is 0 Å². The number of rotatable bonds is 2. The van der Waals surface area contributed by atoms with Crippen LogP contribution in [0.3, 0.4) is 0 Å². The maximum Gasteiger partial charge on any atom is 0.419 e. The fourth-order valence-corrected chi connectivity index (χ4v) is 4.26. The van der Waals surface area contributed by atoms with E-state index < -0.39 is 5.76 Å². The molecule has 1 atom stereocenters. The number of aryl methyl sites for hydroxylation is 3.